The summed E-state index contributed by atoms with van der Waals surface area (Å²) >= 11 is 0. The number of nitrogens with one attached hydrogen (secondary N) is 2. The van der Waals surface area contributed by atoms with E-state index < -0.39 is 0 Å². The van der Waals surface area contributed by atoms with Crippen molar-refractivity contribution in [3.63, 3.8) is 0 Å². The van der Waals surface area contributed by atoms with E-state index in [4.69, 9.17) is 24.7 Å². The second kappa shape index (κ2) is 24.8. The maximum Gasteiger partial charge on any atom is 0.305 e. The molecule has 9 aromatic rings. The number of fused-ring (bicyclic) bond motifs is 9. The number of carbonyl (C=O) groups excluding carboxylic acids is 1. The number of benzene rings is 6. The summed E-state index contributed by atoms with van der Waals surface area (Å²) in [4.78, 5) is 38.5. The molecule has 4 aliphatic rings. The Morgan fingerprint density at radius 2 is 0.847 bits per heavy atom. The van der Waals surface area contributed by atoms with Gasteiger partial charge in [0.2, 0.25) is 0 Å². The number of hydrogen-bond donors (Lipinski definition) is 2. The molecular formula is C90H96N6O2. The second-order valence-corrected chi connectivity index (χ2v) is 33.6. The van der Waals surface area contributed by atoms with Crippen LogP contribution in [0, 0.1) is 0 Å². The van der Waals surface area contributed by atoms with Gasteiger partial charge in [-0.1, -0.05) is 265 Å². The van der Waals surface area contributed by atoms with E-state index in [2.05, 4.69) is 299 Å². The maximum absolute atomic E-state index is 11.9. The Morgan fingerprint density at radius 1 is 0.429 bits per heavy atom. The lowest BCUT2D eigenvalue weighted by Crippen LogP contribution is -2.34. The smallest absolute Gasteiger partial charge is 0.305 e. The lowest BCUT2D eigenvalue weighted by atomic mass is 9.76. The van der Waals surface area contributed by atoms with Gasteiger partial charge < -0.3 is 15.0 Å². The molecule has 0 saturated carbocycles. The highest BCUT2D eigenvalue weighted by Gasteiger charge is 2.36. The van der Waals surface area contributed by atoms with E-state index in [9.17, 15) is 4.79 Å². The van der Waals surface area contributed by atoms with Crippen LogP contribution in [-0.2, 0) is 48.6 Å². The molecule has 498 valence electrons. The highest BCUT2D eigenvalue weighted by Crippen LogP contribution is 2.45. The van der Waals surface area contributed by atoms with Crippen LogP contribution < -0.4 is 5.32 Å². The summed E-state index contributed by atoms with van der Waals surface area (Å²) in [6, 6.07) is 55.7. The zero-order chi connectivity index (χ0) is 69.8. The molecule has 0 spiro atoms. The predicted molar refractivity (Wildman–Crippen MR) is 411 cm³/mol. The van der Waals surface area contributed by atoms with E-state index in [1.807, 2.05) is 24.3 Å². The van der Waals surface area contributed by atoms with Crippen LogP contribution in [0.5, 0.6) is 0 Å². The van der Waals surface area contributed by atoms with Crippen LogP contribution in [0.15, 0.2) is 215 Å². The normalized spacial score (nSPS) is 19.0. The molecule has 13 rings (SSSR count). The van der Waals surface area contributed by atoms with E-state index in [1.54, 1.807) is 6.92 Å². The standard InChI is InChI=1S/C90H96N6O2/c1-20-78(97)98-52-53-21-23-54(24-22-53)68-33-31-57-29-30-58-32-34-69(96-84(58)83(57)95-68)55-25-27-56(28-26-55)79-70-35-37-72(91-70)80(59-43-62(85(2,3)4)49-63(44-59)86(5,6)7)74-39-41-76(93-74)82(61-47-66(89(14,15)16)51-67(48-61)90(17,18)19)77-42-40-75(94-77)81(73-38-36-71(79)92-73)60-45-64(87(8,9)10)50-65(46-60)88(11,12)13/h21-51,74,80,92-93H,20,52H2,1-19H3/b79-70-,81-75-,82-76-. The van der Waals surface area contributed by atoms with Crippen molar-refractivity contribution in [2.75, 3.05) is 0 Å². The molecule has 6 aromatic carbocycles. The fraction of sp³-hybridized carbons (Fsp3) is 0.322. The number of aromatic amines is 1. The number of aromatic nitrogens is 3. The molecule has 0 radical (unpaired) electrons. The number of ether oxygens (including phenoxy) is 1. The highest BCUT2D eigenvalue weighted by atomic mass is 16.5. The number of allylic oxidation sites excluding steroid dienone is 6. The quantitative estimate of drug-likeness (QED) is 0.111. The topological polar surface area (TPSA) is 105 Å². The number of aliphatic imine (C=N–C) groups is 2. The summed E-state index contributed by atoms with van der Waals surface area (Å²) < 4.78 is 5.41. The number of rotatable bonds is 9. The van der Waals surface area contributed by atoms with E-state index in [1.165, 1.54) is 38.9 Å². The molecule has 0 saturated heterocycles. The van der Waals surface area contributed by atoms with Crippen molar-refractivity contribution in [2.45, 2.75) is 189 Å². The molecule has 98 heavy (non-hydrogen) atoms. The van der Waals surface area contributed by atoms with Crippen molar-refractivity contribution in [3.05, 3.63) is 278 Å². The Bertz CT molecular complexity index is 4870. The first-order valence-electron chi connectivity index (χ1n) is 35.1. The summed E-state index contributed by atoms with van der Waals surface area (Å²) in [7, 11) is 0. The average molecular weight is 1290 g/mol. The highest BCUT2D eigenvalue weighted by molar-refractivity contribution is 6.32. The van der Waals surface area contributed by atoms with Gasteiger partial charge in [-0.3, -0.25) is 9.79 Å². The van der Waals surface area contributed by atoms with Crippen molar-refractivity contribution < 1.29 is 9.53 Å². The van der Waals surface area contributed by atoms with Gasteiger partial charge in [0.1, 0.15) is 6.61 Å². The fourth-order valence-corrected chi connectivity index (χ4v) is 13.6. The number of pyridine rings is 2. The summed E-state index contributed by atoms with van der Waals surface area (Å²) in [5.41, 5.74) is 27.4. The molecule has 0 aliphatic carbocycles. The third kappa shape index (κ3) is 13.5. The Balaban J connectivity index is 1.02. The summed E-state index contributed by atoms with van der Waals surface area (Å²) in [5.74, 6) is -0.407. The van der Waals surface area contributed by atoms with Crippen LogP contribution in [-0.4, -0.2) is 38.4 Å². The molecule has 4 aliphatic heterocycles. The minimum atomic E-state index is -0.216. The number of esters is 1. The van der Waals surface area contributed by atoms with Crippen LogP contribution in [0.4, 0.5) is 0 Å². The van der Waals surface area contributed by atoms with Crippen molar-refractivity contribution in [1.82, 2.24) is 20.3 Å². The first-order chi connectivity index (χ1) is 46.1. The van der Waals surface area contributed by atoms with Gasteiger partial charge in [0.15, 0.2) is 0 Å². The van der Waals surface area contributed by atoms with Crippen LogP contribution in [0.25, 0.3) is 61.0 Å². The van der Waals surface area contributed by atoms with E-state index >= 15 is 0 Å². The zero-order valence-corrected chi connectivity index (χ0v) is 61.1. The van der Waals surface area contributed by atoms with Crippen LogP contribution in [0.2, 0.25) is 0 Å². The van der Waals surface area contributed by atoms with Crippen LogP contribution >= 0.6 is 0 Å². The molecule has 2 N–H and O–H groups in total. The second-order valence-electron chi connectivity index (χ2n) is 33.6. The first-order valence-corrected chi connectivity index (χ1v) is 35.1. The monoisotopic (exact) mass is 1290 g/mol. The van der Waals surface area contributed by atoms with Crippen LogP contribution in [0.1, 0.15) is 216 Å². The molecule has 2 atom stereocenters. The molecule has 7 heterocycles. The third-order valence-corrected chi connectivity index (χ3v) is 19.9. The largest absolute Gasteiger partial charge is 0.461 e. The molecule has 8 nitrogen and oxygen atoms in total. The van der Waals surface area contributed by atoms with Crippen molar-refractivity contribution >= 4 is 55.9 Å². The van der Waals surface area contributed by atoms with E-state index in [0.29, 0.717) is 6.42 Å². The van der Waals surface area contributed by atoms with Crippen molar-refractivity contribution in [2.24, 2.45) is 9.98 Å². The number of nitrogens with zero attached hydrogens (tertiary/aromatic N) is 4. The van der Waals surface area contributed by atoms with E-state index in [-0.39, 0.29) is 57.0 Å². The Hall–Kier alpha value is -9.53. The van der Waals surface area contributed by atoms with Crippen molar-refractivity contribution in [3.8, 4) is 22.5 Å². The molecule has 8 bridgehead atoms. The van der Waals surface area contributed by atoms with Gasteiger partial charge in [-0.15, -0.1) is 0 Å². The first kappa shape index (κ1) is 67.1. The van der Waals surface area contributed by atoms with Gasteiger partial charge in [0.05, 0.1) is 57.2 Å². The molecule has 8 heteroatoms. The molecule has 0 fully saturated rings. The van der Waals surface area contributed by atoms with Gasteiger partial charge in [-0.2, -0.15) is 0 Å². The average Bonchev–Trinajstić information content (AvgIpc) is 1.47. The van der Waals surface area contributed by atoms with Crippen molar-refractivity contribution in [1.29, 1.82) is 0 Å². The lowest BCUT2D eigenvalue weighted by Gasteiger charge is -2.30. The maximum atomic E-state index is 11.9. The predicted octanol–water partition coefficient (Wildman–Crippen LogP) is 22.0. The zero-order valence-electron chi connectivity index (χ0n) is 61.1. The van der Waals surface area contributed by atoms with Gasteiger partial charge in [-0.25, -0.2) is 15.0 Å². The molecule has 0 amide bonds. The number of carbonyl (C=O) groups is 1. The molecule has 2 unspecified atom stereocenters. The lowest BCUT2D eigenvalue weighted by molar-refractivity contribution is -0.144. The van der Waals surface area contributed by atoms with Gasteiger partial charge in [-0.05, 0) is 148 Å². The van der Waals surface area contributed by atoms with Gasteiger partial charge in [0.25, 0.3) is 0 Å². The van der Waals surface area contributed by atoms with Gasteiger partial charge in [0, 0.05) is 62.1 Å². The van der Waals surface area contributed by atoms with E-state index in [0.717, 1.165) is 123 Å². The summed E-state index contributed by atoms with van der Waals surface area (Å²) in [5, 5.41) is 6.27. The third-order valence-electron chi connectivity index (χ3n) is 19.9. The molecular weight excluding hydrogens is 1200 g/mol. The number of H-pyrrole nitrogens is 1. The Kier molecular flexibility index (Phi) is 17.0. The Labute approximate surface area is 581 Å². The number of hydrogen-bond acceptors (Lipinski definition) is 7. The van der Waals surface area contributed by atoms with Gasteiger partial charge >= 0.3 is 5.97 Å². The fourth-order valence-electron chi connectivity index (χ4n) is 13.6. The molecule has 3 aromatic heterocycles. The summed E-state index contributed by atoms with van der Waals surface area (Å²) in [6.07, 6.45) is 14.1. The minimum Gasteiger partial charge on any atom is -0.461 e. The Morgan fingerprint density at radius 3 is 1.33 bits per heavy atom. The van der Waals surface area contributed by atoms with Crippen LogP contribution in [0.3, 0.4) is 0 Å². The SMILES string of the molecule is CCC(=O)OCc1ccc(-c2ccc3ccc4ccc(-c5ccc(/C6=C7\C=CC(=N7)C(c7cc(C(C)(C)C)cc(C(C)(C)C)c7)C7C=C/C(=C(\c8cc(C(C)(C)C)cc(C(C)(C)C)c8)C8=N/C(=C(/c9cc(C(C)(C)C)cc(C(C)(C)C)c9)c9ccc6[nH]9)C=C8)N7)cc5)nc4c3n2)cc1. The minimum absolute atomic E-state index is 0.115. The summed E-state index contributed by atoms with van der Waals surface area (Å²) in [6.45, 7) is 43.8.